The Morgan fingerprint density at radius 1 is 1.47 bits per heavy atom. The number of aromatic nitrogens is 2. The highest BCUT2D eigenvalue weighted by molar-refractivity contribution is 5.94. The lowest BCUT2D eigenvalue weighted by Crippen LogP contribution is -2.33. The highest BCUT2D eigenvalue weighted by Gasteiger charge is 2.35. The Kier molecular flexibility index (Phi) is 3.76. The van der Waals surface area contributed by atoms with Crippen LogP contribution in [0.1, 0.15) is 45.4 Å². The van der Waals surface area contributed by atoms with E-state index in [4.69, 9.17) is 4.52 Å². The molecule has 0 bridgehead atoms. The van der Waals surface area contributed by atoms with E-state index in [1.165, 1.54) is 0 Å². The van der Waals surface area contributed by atoms with Gasteiger partial charge in [-0.15, -0.1) is 0 Å². The fraction of sp³-hybridized carbons (Fsp3) is 0.750. The van der Waals surface area contributed by atoms with E-state index in [0.717, 1.165) is 32.1 Å². The first-order valence-corrected chi connectivity index (χ1v) is 6.40. The van der Waals surface area contributed by atoms with Crippen LogP contribution in [-0.4, -0.2) is 22.6 Å². The van der Waals surface area contributed by atoms with Gasteiger partial charge in [-0.3, -0.25) is 9.69 Å². The normalized spacial score (nSPS) is 14.9. The molecule has 0 atom stereocenters. The molecule has 17 heavy (non-hydrogen) atoms. The van der Waals surface area contributed by atoms with Gasteiger partial charge in [-0.2, -0.15) is 4.98 Å². The number of hydrogen-bond acceptors (Lipinski definition) is 4. The van der Waals surface area contributed by atoms with Crippen molar-refractivity contribution in [1.29, 1.82) is 0 Å². The predicted octanol–water partition coefficient (Wildman–Crippen LogP) is 2.18. The van der Waals surface area contributed by atoms with Gasteiger partial charge in [-0.05, 0) is 19.3 Å². The average Bonchev–Trinajstić information content (AvgIpc) is 3.09. The topological polar surface area (TPSA) is 59.2 Å². The minimum atomic E-state index is 0.143. The van der Waals surface area contributed by atoms with Crippen molar-refractivity contribution in [3.63, 3.8) is 0 Å². The van der Waals surface area contributed by atoms with Gasteiger partial charge in [-0.25, -0.2) is 0 Å². The summed E-state index contributed by atoms with van der Waals surface area (Å²) < 4.78 is 5.16. The Hall–Kier alpha value is -1.39. The zero-order chi connectivity index (χ0) is 12.3. The quantitative estimate of drug-likeness (QED) is 0.760. The van der Waals surface area contributed by atoms with Gasteiger partial charge in [0.15, 0.2) is 5.82 Å². The number of nitrogens with zero attached hydrogens (tertiary/aromatic N) is 3. The van der Waals surface area contributed by atoms with Crippen LogP contribution in [0.2, 0.25) is 0 Å². The van der Waals surface area contributed by atoms with E-state index in [0.29, 0.717) is 18.4 Å². The van der Waals surface area contributed by atoms with Crippen molar-refractivity contribution in [2.24, 2.45) is 5.92 Å². The second-order valence-corrected chi connectivity index (χ2v) is 4.46. The maximum absolute atomic E-state index is 12.1. The Morgan fingerprint density at radius 2 is 2.24 bits per heavy atom. The van der Waals surface area contributed by atoms with E-state index in [-0.39, 0.29) is 11.8 Å². The lowest BCUT2D eigenvalue weighted by molar-refractivity contribution is -0.120. The van der Waals surface area contributed by atoms with Gasteiger partial charge in [0, 0.05) is 18.9 Å². The fourth-order valence-electron chi connectivity index (χ4n) is 1.66. The van der Waals surface area contributed by atoms with Crippen LogP contribution in [0, 0.1) is 5.92 Å². The van der Waals surface area contributed by atoms with Crippen molar-refractivity contribution in [2.45, 2.75) is 46.0 Å². The first kappa shape index (κ1) is 12.1. The summed E-state index contributed by atoms with van der Waals surface area (Å²) in [5.41, 5.74) is 0. The second kappa shape index (κ2) is 5.29. The molecular weight excluding hydrogens is 218 g/mol. The van der Waals surface area contributed by atoms with Crippen molar-refractivity contribution >= 4 is 11.9 Å². The summed E-state index contributed by atoms with van der Waals surface area (Å²) in [6.07, 6.45) is 4.72. The molecular formula is C12H19N3O2. The van der Waals surface area contributed by atoms with Gasteiger partial charge < -0.3 is 4.52 Å². The number of aryl methyl sites for hydroxylation is 1. The molecule has 0 aromatic carbocycles. The van der Waals surface area contributed by atoms with E-state index in [1.54, 1.807) is 4.90 Å². The zero-order valence-corrected chi connectivity index (χ0v) is 10.5. The van der Waals surface area contributed by atoms with E-state index in [1.807, 2.05) is 6.92 Å². The molecule has 5 nitrogen and oxygen atoms in total. The van der Waals surface area contributed by atoms with Crippen LogP contribution in [0.15, 0.2) is 4.52 Å². The third-order valence-corrected chi connectivity index (χ3v) is 2.93. The highest BCUT2D eigenvalue weighted by Crippen LogP contribution is 2.32. The SMILES string of the molecule is CCCCN(C(=O)C1CC1)c1nc(CC)no1. The Bertz CT molecular complexity index is 385. The molecule has 0 spiro atoms. The zero-order valence-electron chi connectivity index (χ0n) is 10.5. The number of rotatable bonds is 6. The molecule has 0 aliphatic heterocycles. The summed E-state index contributed by atoms with van der Waals surface area (Å²) in [5, 5.41) is 3.85. The monoisotopic (exact) mass is 237 g/mol. The van der Waals surface area contributed by atoms with Gasteiger partial charge >= 0.3 is 6.01 Å². The van der Waals surface area contributed by atoms with E-state index in [9.17, 15) is 4.79 Å². The van der Waals surface area contributed by atoms with Crippen LogP contribution >= 0.6 is 0 Å². The molecule has 5 heteroatoms. The number of carbonyl (C=O) groups excluding carboxylic acids is 1. The third kappa shape index (κ3) is 2.84. The van der Waals surface area contributed by atoms with Crippen molar-refractivity contribution in [2.75, 3.05) is 11.4 Å². The number of anilines is 1. The molecule has 2 rings (SSSR count). The molecule has 0 radical (unpaired) electrons. The summed E-state index contributed by atoms with van der Waals surface area (Å²) in [7, 11) is 0. The predicted molar refractivity (Wildman–Crippen MR) is 63.7 cm³/mol. The van der Waals surface area contributed by atoms with Gasteiger partial charge in [0.25, 0.3) is 0 Å². The standard InChI is InChI=1S/C12H19N3O2/c1-3-5-8-15(11(16)9-6-7-9)12-13-10(4-2)14-17-12/h9H,3-8H2,1-2H3. The Morgan fingerprint density at radius 3 is 2.76 bits per heavy atom. The molecule has 1 aromatic rings. The minimum absolute atomic E-state index is 0.143. The Labute approximate surface area is 101 Å². The second-order valence-electron chi connectivity index (χ2n) is 4.46. The number of hydrogen-bond donors (Lipinski definition) is 0. The number of carbonyl (C=O) groups is 1. The first-order valence-electron chi connectivity index (χ1n) is 6.40. The van der Waals surface area contributed by atoms with Crippen LogP contribution < -0.4 is 4.90 Å². The van der Waals surface area contributed by atoms with Gasteiger partial charge in [0.1, 0.15) is 0 Å². The largest absolute Gasteiger partial charge is 0.330 e. The summed E-state index contributed by atoms with van der Waals surface area (Å²) in [6.45, 7) is 4.75. The van der Waals surface area contributed by atoms with E-state index < -0.39 is 0 Å². The fourth-order valence-corrected chi connectivity index (χ4v) is 1.66. The molecule has 1 saturated carbocycles. The lowest BCUT2D eigenvalue weighted by Gasteiger charge is -2.17. The van der Waals surface area contributed by atoms with E-state index in [2.05, 4.69) is 17.1 Å². The number of unbranched alkanes of at least 4 members (excludes halogenated alkanes) is 1. The molecule has 0 N–H and O–H groups in total. The average molecular weight is 237 g/mol. The summed E-state index contributed by atoms with van der Waals surface area (Å²) >= 11 is 0. The molecule has 0 saturated heterocycles. The van der Waals surface area contributed by atoms with Crippen LogP contribution in [0.25, 0.3) is 0 Å². The van der Waals surface area contributed by atoms with Crippen molar-refractivity contribution in [3.8, 4) is 0 Å². The summed E-state index contributed by atoms with van der Waals surface area (Å²) in [4.78, 5) is 18.0. The van der Waals surface area contributed by atoms with Crippen molar-refractivity contribution < 1.29 is 9.32 Å². The van der Waals surface area contributed by atoms with Crippen LogP contribution in [0.3, 0.4) is 0 Å². The maximum Gasteiger partial charge on any atom is 0.330 e. The summed E-state index contributed by atoms with van der Waals surface area (Å²) in [5.74, 6) is 0.985. The lowest BCUT2D eigenvalue weighted by atomic mass is 10.3. The van der Waals surface area contributed by atoms with Gasteiger partial charge in [0.05, 0.1) is 0 Å². The van der Waals surface area contributed by atoms with E-state index >= 15 is 0 Å². The molecule has 0 unspecified atom stereocenters. The van der Waals surface area contributed by atoms with Crippen LogP contribution in [0.4, 0.5) is 6.01 Å². The third-order valence-electron chi connectivity index (χ3n) is 2.93. The molecule has 1 aliphatic rings. The summed E-state index contributed by atoms with van der Waals surface area (Å²) in [6, 6.07) is 0.368. The van der Waals surface area contributed by atoms with Gasteiger partial charge in [0.2, 0.25) is 5.91 Å². The van der Waals surface area contributed by atoms with Crippen molar-refractivity contribution in [3.05, 3.63) is 5.82 Å². The Balaban J connectivity index is 2.10. The van der Waals surface area contributed by atoms with Crippen molar-refractivity contribution in [1.82, 2.24) is 10.1 Å². The van der Waals surface area contributed by atoms with Crippen LogP contribution in [0.5, 0.6) is 0 Å². The van der Waals surface area contributed by atoms with Gasteiger partial charge in [-0.1, -0.05) is 25.4 Å². The molecule has 1 amide bonds. The number of amides is 1. The highest BCUT2D eigenvalue weighted by atomic mass is 16.5. The first-order chi connectivity index (χ1) is 8.26. The molecule has 1 fully saturated rings. The van der Waals surface area contributed by atoms with Crippen LogP contribution in [-0.2, 0) is 11.2 Å². The molecule has 1 aromatic heterocycles. The molecule has 94 valence electrons. The minimum Gasteiger partial charge on any atom is -0.315 e. The maximum atomic E-state index is 12.1. The molecule has 1 heterocycles. The molecule has 1 aliphatic carbocycles. The smallest absolute Gasteiger partial charge is 0.315 e.